The van der Waals surface area contributed by atoms with Gasteiger partial charge in [-0.15, -0.1) is 0 Å². The van der Waals surface area contributed by atoms with E-state index in [-0.39, 0.29) is 13.2 Å². The molecule has 1 saturated heterocycles. The summed E-state index contributed by atoms with van der Waals surface area (Å²) < 4.78 is 15.1. The van der Waals surface area contributed by atoms with E-state index in [2.05, 4.69) is 11.0 Å². The maximum atomic E-state index is 11.8. The van der Waals surface area contributed by atoms with Gasteiger partial charge in [-0.3, -0.25) is 14.5 Å². The summed E-state index contributed by atoms with van der Waals surface area (Å²) in [4.78, 5) is 25.8. The Morgan fingerprint density at radius 3 is 2.50 bits per heavy atom. The predicted molar refractivity (Wildman–Crippen MR) is 77.8 cm³/mol. The number of nitrogens with zero attached hydrogens (tertiary/aromatic N) is 2. The molecule has 1 fully saturated rings. The summed E-state index contributed by atoms with van der Waals surface area (Å²) in [7, 11) is 0. The fraction of sp³-hybridized carbons (Fsp3) is 0.800. The van der Waals surface area contributed by atoms with Gasteiger partial charge in [-0.1, -0.05) is 0 Å². The third-order valence-corrected chi connectivity index (χ3v) is 3.40. The first-order chi connectivity index (χ1) is 10.6. The molecule has 1 aliphatic heterocycles. The van der Waals surface area contributed by atoms with Crippen LogP contribution in [0.25, 0.3) is 0 Å². The average Bonchev–Trinajstić information content (AvgIpc) is 2.52. The van der Waals surface area contributed by atoms with Crippen molar-refractivity contribution in [2.45, 2.75) is 32.8 Å². The van der Waals surface area contributed by atoms with E-state index in [1.165, 1.54) is 0 Å². The van der Waals surface area contributed by atoms with Crippen LogP contribution in [0.15, 0.2) is 0 Å². The van der Waals surface area contributed by atoms with Gasteiger partial charge in [0, 0.05) is 13.1 Å². The largest absolute Gasteiger partial charge is 0.465 e. The second-order valence-electron chi connectivity index (χ2n) is 4.99. The second kappa shape index (κ2) is 10.1. The molecule has 7 nitrogen and oxygen atoms in total. The molecule has 22 heavy (non-hydrogen) atoms. The monoisotopic (exact) mass is 312 g/mol. The molecule has 0 radical (unpaired) electrons. The number of morpholine rings is 1. The predicted octanol–water partition coefficient (Wildman–Crippen LogP) is 0.733. The van der Waals surface area contributed by atoms with Crippen LogP contribution in [0.2, 0.25) is 0 Å². The summed E-state index contributed by atoms with van der Waals surface area (Å²) >= 11 is 0. The van der Waals surface area contributed by atoms with Gasteiger partial charge in [-0.05, 0) is 33.2 Å². The molecule has 0 aliphatic carbocycles. The van der Waals surface area contributed by atoms with Crippen molar-refractivity contribution < 1.29 is 23.8 Å². The highest BCUT2D eigenvalue weighted by Gasteiger charge is 2.29. The van der Waals surface area contributed by atoms with Crippen molar-refractivity contribution in [2.75, 3.05) is 39.5 Å². The lowest BCUT2D eigenvalue weighted by molar-refractivity contribution is -0.162. The van der Waals surface area contributed by atoms with Crippen molar-refractivity contribution in [3.05, 3.63) is 0 Å². The van der Waals surface area contributed by atoms with Crippen LogP contribution in [-0.2, 0) is 23.8 Å². The number of carbonyl (C=O) groups excluding carboxylic acids is 2. The van der Waals surface area contributed by atoms with Crippen LogP contribution in [0.1, 0.15) is 26.7 Å². The fourth-order valence-corrected chi connectivity index (χ4v) is 2.32. The minimum atomic E-state index is -0.868. The SMILES string of the molecule is CCOC(=O)C(CCCN1CCOC(C#N)C1)C(=O)OCC. The van der Waals surface area contributed by atoms with E-state index in [9.17, 15) is 9.59 Å². The lowest BCUT2D eigenvalue weighted by Gasteiger charge is -2.29. The first-order valence-electron chi connectivity index (χ1n) is 7.69. The van der Waals surface area contributed by atoms with Crippen LogP contribution < -0.4 is 0 Å². The Hall–Kier alpha value is -1.65. The molecule has 0 aromatic heterocycles. The quantitative estimate of drug-likeness (QED) is 0.482. The molecular weight excluding hydrogens is 288 g/mol. The van der Waals surface area contributed by atoms with Gasteiger partial charge in [-0.2, -0.15) is 5.26 Å². The lowest BCUT2D eigenvalue weighted by atomic mass is 10.0. The smallest absolute Gasteiger partial charge is 0.320 e. The highest BCUT2D eigenvalue weighted by molar-refractivity contribution is 5.94. The number of ether oxygens (including phenoxy) is 3. The zero-order chi connectivity index (χ0) is 16.4. The highest BCUT2D eigenvalue weighted by Crippen LogP contribution is 2.13. The first kappa shape index (κ1) is 18.4. The van der Waals surface area contributed by atoms with Crippen LogP contribution in [0.3, 0.4) is 0 Å². The molecule has 0 N–H and O–H groups in total. The number of rotatable bonds is 8. The fourth-order valence-electron chi connectivity index (χ4n) is 2.32. The normalized spacial score (nSPS) is 18.7. The molecule has 0 saturated carbocycles. The van der Waals surface area contributed by atoms with E-state index >= 15 is 0 Å². The van der Waals surface area contributed by atoms with E-state index in [1.807, 2.05) is 0 Å². The molecule has 0 spiro atoms. The Kier molecular flexibility index (Phi) is 8.48. The number of hydrogen-bond acceptors (Lipinski definition) is 7. The van der Waals surface area contributed by atoms with E-state index in [4.69, 9.17) is 19.5 Å². The van der Waals surface area contributed by atoms with E-state index in [0.717, 1.165) is 6.54 Å². The summed E-state index contributed by atoms with van der Waals surface area (Å²) in [6, 6.07) is 2.09. The molecule has 0 amide bonds. The molecule has 1 heterocycles. The van der Waals surface area contributed by atoms with E-state index in [0.29, 0.717) is 32.5 Å². The van der Waals surface area contributed by atoms with Crippen LogP contribution in [-0.4, -0.2) is 62.4 Å². The Morgan fingerprint density at radius 2 is 1.95 bits per heavy atom. The zero-order valence-corrected chi connectivity index (χ0v) is 13.2. The van der Waals surface area contributed by atoms with Gasteiger partial charge >= 0.3 is 11.9 Å². The lowest BCUT2D eigenvalue weighted by Crippen LogP contribution is -2.42. The minimum Gasteiger partial charge on any atom is -0.465 e. The number of carbonyl (C=O) groups is 2. The Balaban J connectivity index is 2.44. The summed E-state index contributed by atoms with van der Waals surface area (Å²) in [6.45, 7) is 6.42. The van der Waals surface area contributed by atoms with Gasteiger partial charge < -0.3 is 14.2 Å². The molecule has 0 aromatic rings. The van der Waals surface area contributed by atoms with Crippen molar-refractivity contribution in [1.29, 1.82) is 5.26 Å². The van der Waals surface area contributed by atoms with Crippen molar-refractivity contribution in [3.63, 3.8) is 0 Å². The van der Waals surface area contributed by atoms with Crippen LogP contribution >= 0.6 is 0 Å². The van der Waals surface area contributed by atoms with E-state index < -0.39 is 24.0 Å². The molecule has 1 unspecified atom stereocenters. The molecule has 124 valence electrons. The summed E-state index contributed by atoms with van der Waals surface area (Å²) in [5.74, 6) is -1.93. The summed E-state index contributed by atoms with van der Waals surface area (Å²) in [6.07, 6.45) is 0.631. The Morgan fingerprint density at radius 1 is 1.32 bits per heavy atom. The van der Waals surface area contributed by atoms with Gasteiger partial charge in [0.15, 0.2) is 12.0 Å². The molecule has 0 bridgehead atoms. The van der Waals surface area contributed by atoms with E-state index in [1.54, 1.807) is 13.8 Å². The minimum absolute atomic E-state index is 0.238. The zero-order valence-electron chi connectivity index (χ0n) is 13.2. The Bertz CT molecular complexity index is 389. The van der Waals surface area contributed by atoms with Gasteiger partial charge in [-0.25, -0.2) is 0 Å². The molecule has 1 atom stereocenters. The van der Waals surface area contributed by atoms with Gasteiger partial charge in [0.1, 0.15) is 0 Å². The van der Waals surface area contributed by atoms with Gasteiger partial charge in [0.05, 0.1) is 25.9 Å². The molecule has 0 aromatic carbocycles. The standard InChI is InChI=1S/C15H24N2O5/c1-3-20-14(18)13(15(19)21-4-2)6-5-7-17-8-9-22-12(10-16)11-17/h12-13H,3-9,11H2,1-2H3. The molecule has 1 aliphatic rings. The van der Waals surface area contributed by atoms with Gasteiger partial charge in [0.2, 0.25) is 0 Å². The Labute approximate surface area is 131 Å². The highest BCUT2D eigenvalue weighted by atomic mass is 16.6. The van der Waals surface area contributed by atoms with Crippen LogP contribution in [0, 0.1) is 17.2 Å². The first-order valence-corrected chi connectivity index (χ1v) is 7.69. The maximum absolute atomic E-state index is 11.8. The molecular formula is C15H24N2O5. The second-order valence-corrected chi connectivity index (χ2v) is 4.99. The summed E-state index contributed by atoms with van der Waals surface area (Å²) in [5, 5.41) is 8.86. The molecule has 7 heteroatoms. The summed E-state index contributed by atoms with van der Waals surface area (Å²) in [5.41, 5.74) is 0. The van der Waals surface area contributed by atoms with Crippen molar-refractivity contribution in [1.82, 2.24) is 4.90 Å². The average molecular weight is 312 g/mol. The van der Waals surface area contributed by atoms with Crippen molar-refractivity contribution in [3.8, 4) is 6.07 Å². The third kappa shape index (κ3) is 6.00. The molecule has 1 rings (SSSR count). The number of esters is 2. The number of nitriles is 1. The van der Waals surface area contributed by atoms with Gasteiger partial charge in [0.25, 0.3) is 0 Å². The van der Waals surface area contributed by atoms with Crippen LogP contribution in [0.5, 0.6) is 0 Å². The van der Waals surface area contributed by atoms with Crippen LogP contribution in [0.4, 0.5) is 0 Å². The van der Waals surface area contributed by atoms with Crippen molar-refractivity contribution in [2.24, 2.45) is 5.92 Å². The number of hydrogen-bond donors (Lipinski definition) is 0. The third-order valence-electron chi connectivity index (χ3n) is 3.40. The van der Waals surface area contributed by atoms with Crippen molar-refractivity contribution >= 4 is 11.9 Å². The maximum Gasteiger partial charge on any atom is 0.320 e. The topological polar surface area (TPSA) is 88.9 Å².